The Morgan fingerprint density at radius 3 is 2.23 bits per heavy atom. The van der Waals surface area contributed by atoms with Gasteiger partial charge in [-0.3, -0.25) is 4.79 Å². The number of rotatable bonds is 4. The van der Waals surface area contributed by atoms with Crippen LogP contribution in [0.4, 0.5) is 0 Å². The minimum atomic E-state index is -0.0967. The van der Waals surface area contributed by atoms with E-state index in [0.717, 1.165) is 16.9 Å². The zero-order chi connectivity index (χ0) is 15.4. The third-order valence-corrected chi connectivity index (χ3v) is 3.55. The Morgan fingerprint density at radius 1 is 0.909 bits per heavy atom. The Balaban J connectivity index is 1.93. The van der Waals surface area contributed by atoms with E-state index >= 15 is 0 Å². The SMILES string of the molecule is Cc1c(OCc2ccccc2)c(=O)ccn1-c1ccccc1. The van der Waals surface area contributed by atoms with Crippen LogP contribution in [0, 0.1) is 6.92 Å². The smallest absolute Gasteiger partial charge is 0.223 e. The molecule has 0 amide bonds. The van der Waals surface area contributed by atoms with Crippen LogP contribution in [0.2, 0.25) is 0 Å². The number of nitrogens with zero attached hydrogens (tertiary/aromatic N) is 1. The molecule has 0 aliphatic heterocycles. The van der Waals surface area contributed by atoms with E-state index in [1.807, 2.05) is 72.2 Å². The molecule has 3 rings (SSSR count). The molecule has 0 fully saturated rings. The second-order valence-corrected chi connectivity index (χ2v) is 5.07. The summed E-state index contributed by atoms with van der Waals surface area (Å²) in [6.07, 6.45) is 1.78. The molecule has 1 heterocycles. The number of para-hydroxylation sites is 1. The molecule has 0 saturated carbocycles. The highest BCUT2D eigenvalue weighted by Crippen LogP contribution is 2.18. The molecule has 110 valence electrons. The largest absolute Gasteiger partial charge is 0.483 e. The molecule has 0 saturated heterocycles. The van der Waals surface area contributed by atoms with Crippen molar-refractivity contribution in [2.24, 2.45) is 0 Å². The lowest BCUT2D eigenvalue weighted by Gasteiger charge is -2.15. The van der Waals surface area contributed by atoms with Gasteiger partial charge in [0.15, 0.2) is 5.75 Å². The fourth-order valence-corrected chi connectivity index (χ4v) is 2.39. The average molecular weight is 291 g/mol. The number of hydrogen-bond acceptors (Lipinski definition) is 2. The Hall–Kier alpha value is -2.81. The van der Waals surface area contributed by atoms with Gasteiger partial charge < -0.3 is 9.30 Å². The molecular weight excluding hydrogens is 274 g/mol. The van der Waals surface area contributed by atoms with Crippen LogP contribution in [-0.2, 0) is 6.61 Å². The molecule has 0 aliphatic carbocycles. The van der Waals surface area contributed by atoms with Gasteiger partial charge in [0, 0.05) is 18.0 Å². The molecule has 1 aromatic heterocycles. The Bertz CT molecular complexity index is 808. The van der Waals surface area contributed by atoms with Gasteiger partial charge >= 0.3 is 0 Å². The van der Waals surface area contributed by atoms with Crippen LogP contribution >= 0.6 is 0 Å². The van der Waals surface area contributed by atoms with Crippen LogP contribution in [0.5, 0.6) is 5.75 Å². The lowest BCUT2D eigenvalue weighted by atomic mass is 10.2. The fraction of sp³-hybridized carbons (Fsp3) is 0.105. The second kappa shape index (κ2) is 6.31. The molecular formula is C19H17NO2. The normalized spacial score (nSPS) is 10.4. The molecule has 0 spiro atoms. The van der Waals surface area contributed by atoms with Gasteiger partial charge in [0.2, 0.25) is 5.43 Å². The van der Waals surface area contributed by atoms with E-state index in [1.54, 1.807) is 12.3 Å². The van der Waals surface area contributed by atoms with Gasteiger partial charge in [0.25, 0.3) is 0 Å². The van der Waals surface area contributed by atoms with Crippen LogP contribution in [-0.4, -0.2) is 4.57 Å². The molecule has 0 atom stereocenters. The maximum absolute atomic E-state index is 12.1. The Labute approximate surface area is 129 Å². The third kappa shape index (κ3) is 2.93. The Kier molecular flexibility index (Phi) is 4.05. The van der Waals surface area contributed by atoms with Crippen LogP contribution in [0.1, 0.15) is 11.3 Å². The summed E-state index contributed by atoms with van der Waals surface area (Å²) in [4.78, 5) is 12.1. The lowest BCUT2D eigenvalue weighted by Crippen LogP contribution is -2.14. The van der Waals surface area contributed by atoms with E-state index in [1.165, 1.54) is 0 Å². The molecule has 0 bridgehead atoms. The van der Waals surface area contributed by atoms with Crippen LogP contribution in [0.25, 0.3) is 5.69 Å². The van der Waals surface area contributed by atoms with E-state index in [0.29, 0.717) is 12.4 Å². The number of aromatic nitrogens is 1. The van der Waals surface area contributed by atoms with Crippen LogP contribution in [0.15, 0.2) is 77.7 Å². The zero-order valence-electron chi connectivity index (χ0n) is 12.4. The van der Waals surface area contributed by atoms with E-state index in [2.05, 4.69) is 0 Å². The quantitative estimate of drug-likeness (QED) is 0.733. The number of benzene rings is 2. The average Bonchev–Trinajstić information content (AvgIpc) is 2.56. The number of hydrogen-bond donors (Lipinski definition) is 0. The summed E-state index contributed by atoms with van der Waals surface area (Å²) >= 11 is 0. The van der Waals surface area contributed by atoms with Gasteiger partial charge in [-0.05, 0) is 24.6 Å². The van der Waals surface area contributed by atoms with Gasteiger partial charge in [-0.25, -0.2) is 0 Å². The van der Waals surface area contributed by atoms with Crippen molar-refractivity contribution in [1.82, 2.24) is 4.57 Å². The molecule has 3 nitrogen and oxygen atoms in total. The van der Waals surface area contributed by atoms with Gasteiger partial charge in [-0.1, -0.05) is 48.5 Å². The van der Waals surface area contributed by atoms with Crippen molar-refractivity contribution in [3.05, 3.63) is 94.4 Å². The first kappa shape index (κ1) is 14.1. The summed E-state index contributed by atoms with van der Waals surface area (Å²) in [5, 5.41) is 0. The van der Waals surface area contributed by atoms with Gasteiger partial charge in [-0.15, -0.1) is 0 Å². The minimum absolute atomic E-state index is 0.0967. The first-order chi connectivity index (χ1) is 10.8. The monoisotopic (exact) mass is 291 g/mol. The predicted molar refractivity (Wildman–Crippen MR) is 87.6 cm³/mol. The van der Waals surface area contributed by atoms with E-state index in [9.17, 15) is 4.79 Å². The summed E-state index contributed by atoms with van der Waals surface area (Å²) in [6.45, 7) is 2.28. The molecule has 3 heteroatoms. The first-order valence-corrected chi connectivity index (χ1v) is 7.20. The van der Waals surface area contributed by atoms with Gasteiger partial charge in [-0.2, -0.15) is 0 Å². The second-order valence-electron chi connectivity index (χ2n) is 5.07. The molecule has 2 aromatic carbocycles. The third-order valence-electron chi connectivity index (χ3n) is 3.55. The van der Waals surface area contributed by atoms with E-state index in [-0.39, 0.29) is 5.43 Å². The maximum atomic E-state index is 12.1. The zero-order valence-corrected chi connectivity index (χ0v) is 12.4. The molecule has 0 radical (unpaired) electrons. The van der Waals surface area contributed by atoms with E-state index in [4.69, 9.17) is 4.74 Å². The maximum Gasteiger partial charge on any atom is 0.223 e. The highest BCUT2D eigenvalue weighted by atomic mass is 16.5. The van der Waals surface area contributed by atoms with Crippen LogP contribution < -0.4 is 10.2 Å². The topological polar surface area (TPSA) is 31.2 Å². The fourth-order valence-electron chi connectivity index (χ4n) is 2.39. The first-order valence-electron chi connectivity index (χ1n) is 7.20. The molecule has 0 unspecified atom stereocenters. The van der Waals surface area contributed by atoms with Crippen molar-refractivity contribution < 1.29 is 4.74 Å². The molecule has 3 aromatic rings. The minimum Gasteiger partial charge on any atom is -0.483 e. The highest BCUT2D eigenvalue weighted by Gasteiger charge is 2.10. The summed E-state index contributed by atoms with van der Waals surface area (Å²) in [6, 6.07) is 21.3. The van der Waals surface area contributed by atoms with E-state index < -0.39 is 0 Å². The van der Waals surface area contributed by atoms with Crippen LogP contribution in [0.3, 0.4) is 0 Å². The van der Waals surface area contributed by atoms with Crippen molar-refractivity contribution in [2.75, 3.05) is 0 Å². The number of pyridine rings is 1. The van der Waals surface area contributed by atoms with Crippen molar-refractivity contribution in [1.29, 1.82) is 0 Å². The van der Waals surface area contributed by atoms with Crippen molar-refractivity contribution >= 4 is 0 Å². The molecule has 0 aliphatic rings. The van der Waals surface area contributed by atoms with Gasteiger partial charge in [0.05, 0.1) is 5.69 Å². The highest BCUT2D eigenvalue weighted by molar-refractivity contribution is 5.39. The molecule has 22 heavy (non-hydrogen) atoms. The van der Waals surface area contributed by atoms with Crippen molar-refractivity contribution in [3.8, 4) is 11.4 Å². The lowest BCUT2D eigenvalue weighted by molar-refractivity contribution is 0.298. The summed E-state index contributed by atoms with van der Waals surface area (Å²) in [5.41, 5.74) is 2.75. The Morgan fingerprint density at radius 2 is 1.55 bits per heavy atom. The number of ether oxygens (including phenoxy) is 1. The predicted octanol–water partition coefficient (Wildman–Crippen LogP) is 3.72. The van der Waals surface area contributed by atoms with Crippen molar-refractivity contribution in [2.45, 2.75) is 13.5 Å². The van der Waals surface area contributed by atoms with Crippen molar-refractivity contribution in [3.63, 3.8) is 0 Å². The summed E-state index contributed by atoms with van der Waals surface area (Å²) in [7, 11) is 0. The summed E-state index contributed by atoms with van der Waals surface area (Å²) in [5.74, 6) is 0.398. The standard InChI is InChI=1S/C19H17NO2/c1-15-19(22-14-16-8-4-2-5-9-16)18(21)12-13-20(15)17-10-6-3-7-11-17/h2-13H,14H2,1H3. The molecule has 0 N–H and O–H groups in total. The van der Waals surface area contributed by atoms with Gasteiger partial charge in [0.1, 0.15) is 6.61 Å². The summed E-state index contributed by atoms with van der Waals surface area (Å²) < 4.78 is 7.74.